The largest absolute Gasteiger partial charge is 0.413 e. The molecule has 0 aromatic heterocycles. The van der Waals surface area contributed by atoms with E-state index in [1.165, 1.54) is 6.92 Å². The van der Waals surface area contributed by atoms with Crippen molar-refractivity contribution in [3.8, 4) is 0 Å². The first-order valence-electron chi connectivity index (χ1n) is 6.80. The van der Waals surface area contributed by atoms with Crippen molar-refractivity contribution in [2.75, 3.05) is 0 Å². The Labute approximate surface area is 127 Å². The Kier molecular flexibility index (Phi) is 4.81. The first-order valence-corrected chi connectivity index (χ1v) is 6.80. The van der Waals surface area contributed by atoms with Gasteiger partial charge in [-0.2, -0.15) is 13.2 Å². The Morgan fingerprint density at radius 2 is 1.27 bits per heavy atom. The van der Waals surface area contributed by atoms with Crippen LogP contribution in [0.15, 0.2) is 66.2 Å². The van der Waals surface area contributed by atoms with Gasteiger partial charge in [0.05, 0.1) is 0 Å². The van der Waals surface area contributed by atoms with Crippen LogP contribution in [0.2, 0.25) is 0 Å². The minimum atomic E-state index is -4.56. The van der Waals surface area contributed by atoms with E-state index >= 15 is 0 Å². The molecule has 0 aliphatic carbocycles. The van der Waals surface area contributed by atoms with E-state index in [2.05, 4.69) is 0 Å². The summed E-state index contributed by atoms with van der Waals surface area (Å²) in [7, 11) is 0. The van der Waals surface area contributed by atoms with Crippen LogP contribution in [0.3, 0.4) is 0 Å². The van der Waals surface area contributed by atoms with Crippen LogP contribution in [-0.4, -0.2) is 12.0 Å². The van der Waals surface area contributed by atoms with Gasteiger partial charge in [0.1, 0.15) is 5.78 Å². The van der Waals surface area contributed by atoms with Crippen LogP contribution in [0.1, 0.15) is 24.5 Å². The highest BCUT2D eigenvalue weighted by atomic mass is 19.4. The van der Waals surface area contributed by atoms with Crippen LogP contribution in [0.5, 0.6) is 0 Å². The van der Waals surface area contributed by atoms with Crippen LogP contribution in [0.4, 0.5) is 13.2 Å². The maximum absolute atomic E-state index is 13.5. The Balaban J connectivity index is 2.75. The van der Waals surface area contributed by atoms with Crippen molar-refractivity contribution in [3.05, 3.63) is 77.4 Å². The first kappa shape index (κ1) is 16.0. The van der Waals surface area contributed by atoms with Crippen LogP contribution in [-0.2, 0) is 4.79 Å². The summed E-state index contributed by atoms with van der Waals surface area (Å²) in [4.78, 5) is 11.3. The molecular weight excluding hydrogens is 289 g/mol. The molecule has 1 nitrogen and oxygen atoms in total. The Morgan fingerprint density at radius 3 is 1.59 bits per heavy atom. The molecule has 0 N–H and O–H groups in total. The highest BCUT2D eigenvalue weighted by molar-refractivity contribution is 5.88. The molecule has 0 aliphatic rings. The molecule has 0 unspecified atom stereocenters. The van der Waals surface area contributed by atoms with E-state index in [1.54, 1.807) is 60.7 Å². The van der Waals surface area contributed by atoms with Crippen molar-refractivity contribution < 1.29 is 18.0 Å². The number of ketones is 1. The van der Waals surface area contributed by atoms with Crippen molar-refractivity contribution >= 4 is 11.4 Å². The summed E-state index contributed by atoms with van der Waals surface area (Å²) in [6.45, 7) is 1.17. The predicted molar refractivity (Wildman–Crippen MR) is 80.3 cm³/mol. The van der Waals surface area contributed by atoms with Crippen molar-refractivity contribution in [1.29, 1.82) is 0 Å². The number of carbonyl (C=O) groups excluding carboxylic acids is 1. The van der Waals surface area contributed by atoms with E-state index in [0.717, 1.165) is 0 Å². The Morgan fingerprint density at radius 1 is 0.864 bits per heavy atom. The summed E-state index contributed by atoms with van der Waals surface area (Å²) < 4.78 is 40.5. The van der Waals surface area contributed by atoms with Gasteiger partial charge in [0.25, 0.3) is 0 Å². The number of carbonyl (C=O) groups is 1. The number of allylic oxidation sites excluding steroid dienone is 1. The quantitative estimate of drug-likeness (QED) is 0.774. The lowest BCUT2D eigenvalue weighted by Gasteiger charge is -2.18. The highest BCUT2D eigenvalue weighted by Gasteiger charge is 2.37. The lowest BCUT2D eigenvalue weighted by molar-refractivity contribution is -0.121. The molecule has 2 aromatic carbocycles. The van der Waals surface area contributed by atoms with E-state index < -0.39 is 24.0 Å². The minimum absolute atomic E-state index is 0.0592. The van der Waals surface area contributed by atoms with Gasteiger partial charge >= 0.3 is 6.18 Å². The number of rotatable bonds is 4. The van der Waals surface area contributed by atoms with Crippen LogP contribution >= 0.6 is 0 Å². The van der Waals surface area contributed by atoms with Crippen molar-refractivity contribution in [1.82, 2.24) is 0 Å². The molecule has 0 amide bonds. The van der Waals surface area contributed by atoms with Gasteiger partial charge in [-0.15, -0.1) is 0 Å². The number of hydrogen-bond donors (Lipinski definition) is 0. The predicted octanol–water partition coefficient (Wildman–Crippen LogP) is 5.03. The average molecular weight is 304 g/mol. The number of Topliss-reactive ketones (excluding diaryl/α,β-unsaturated/α-hetero) is 1. The number of halogens is 3. The maximum Gasteiger partial charge on any atom is 0.413 e. The Bertz CT molecular complexity index is 629. The average Bonchev–Trinajstić information content (AvgIpc) is 2.47. The minimum Gasteiger partial charge on any atom is -0.300 e. The number of benzene rings is 2. The molecule has 0 aliphatic heterocycles. The molecule has 2 aromatic rings. The van der Waals surface area contributed by atoms with Gasteiger partial charge in [-0.1, -0.05) is 60.7 Å². The molecular formula is C18H15F3O. The molecule has 4 heteroatoms. The van der Waals surface area contributed by atoms with Gasteiger partial charge in [0, 0.05) is 12.0 Å². The molecule has 0 radical (unpaired) electrons. The second kappa shape index (κ2) is 6.60. The van der Waals surface area contributed by atoms with Crippen molar-refractivity contribution in [2.24, 2.45) is 0 Å². The molecule has 0 heterocycles. The summed E-state index contributed by atoms with van der Waals surface area (Å²) in [6, 6.07) is 16.7. The number of alkyl halides is 3. The molecule has 114 valence electrons. The zero-order chi connectivity index (χ0) is 16.2. The molecule has 0 bridgehead atoms. The third-order valence-corrected chi connectivity index (χ3v) is 3.19. The summed E-state index contributed by atoms with van der Waals surface area (Å²) in [5.74, 6) is -0.517. The lowest BCUT2D eigenvalue weighted by Crippen LogP contribution is -2.17. The SMILES string of the molecule is CC(=O)CC(=C(c1ccccc1)c1ccccc1)C(F)(F)F. The fraction of sp³-hybridized carbons (Fsp3) is 0.167. The fourth-order valence-corrected chi connectivity index (χ4v) is 2.30. The van der Waals surface area contributed by atoms with Crippen LogP contribution in [0, 0.1) is 0 Å². The zero-order valence-electron chi connectivity index (χ0n) is 12.0. The Hall–Kier alpha value is -2.36. The molecule has 0 atom stereocenters. The third kappa shape index (κ3) is 3.85. The van der Waals surface area contributed by atoms with Gasteiger partial charge in [0.2, 0.25) is 0 Å². The van der Waals surface area contributed by atoms with Crippen LogP contribution in [0.25, 0.3) is 5.57 Å². The van der Waals surface area contributed by atoms with Gasteiger partial charge in [0.15, 0.2) is 0 Å². The maximum atomic E-state index is 13.5. The molecule has 2 rings (SSSR count). The van der Waals surface area contributed by atoms with E-state index in [-0.39, 0.29) is 5.57 Å². The van der Waals surface area contributed by atoms with E-state index in [9.17, 15) is 18.0 Å². The molecule has 0 saturated carbocycles. The van der Waals surface area contributed by atoms with E-state index in [0.29, 0.717) is 11.1 Å². The second-order valence-electron chi connectivity index (χ2n) is 4.96. The van der Waals surface area contributed by atoms with E-state index in [1.807, 2.05) is 0 Å². The lowest BCUT2D eigenvalue weighted by atomic mass is 9.90. The van der Waals surface area contributed by atoms with Gasteiger partial charge in [-0.05, 0) is 23.6 Å². The van der Waals surface area contributed by atoms with Crippen molar-refractivity contribution in [2.45, 2.75) is 19.5 Å². The standard InChI is InChI=1S/C18H15F3O/c1-13(22)12-16(18(19,20)21)17(14-8-4-2-5-9-14)15-10-6-3-7-11-15/h2-11H,12H2,1H3. The number of hydrogen-bond acceptors (Lipinski definition) is 1. The molecule has 0 spiro atoms. The summed E-state index contributed by atoms with van der Waals surface area (Å²) in [6.07, 6.45) is -5.20. The topological polar surface area (TPSA) is 17.1 Å². The van der Waals surface area contributed by atoms with Gasteiger partial charge in [-0.25, -0.2) is 0 Å². The van der Waals surface area contributed by atoms with Gasteiger partial charge in [-0.3, -0.25) is 4.79 Å². The van der Waals surface area contributed by atoms with Gasteiger partial charge < -0.3 is 0 Å². The third-order valence-electron chi connectivity index (χ3n) is 3.19. The fourth-order valence-electron chi connectivity index (χ4n) is 2.30. The second-order valence-corrected chi connectivity index (χ2v) is 4.96. The van der Waals surface area contributed by atoms with Crippen molar-refractivity contribution in [3.63, 3.8) is 0 Å². The first-order chi connectivity index (χ1) is 10.4. The monoisotopic (exact) mass is 304 g/mol. The molecule has 22 heavy (non-hydrogen) atoms. The molecule has 0 fully saturated rings. The molecule has 0 saturated heterocycles. The normalized spacial score (nSPS) is 11.1. The smallest absolute Gasteiger partial charge is 0.300 e. The highest BCUT2D eigenvalue weighted by Crippen LogP contribution is 2.38. The zero-order valence-corrected chi connectivity index (χ0v) is 12.0. The summed E-state index contributed by atoms with van der Waals surface area (Å²) >= 11 is 0. The van der Waals surface area contributed by atoms with Crippen LogP contribution < -0.4 is 0 Å². The van der Waals surface area contributed by atoms with E-state index in [4.69, 9.17) is 0 Å². The summed E-state index contributed by atoms with van der Waals surface area (Å²) in [5.41, 5.74) is 0.144. The summed E-state index contributed by atoms with van der Waals surface area (Å²) in [5, 5.41) is 0.